The second-order valence-electron chi connectivity index (χ2n) is 4.20. The summed E-state index contributed by atoms with van der Waals surface area (Å²) >= 11 is 0. The number of para-hydroxylation sites is 1. The fourth-order valence-electron chi connectivity index (χ4n) is 1.80. The molecule has 6 heteroatoms. The number of rotatable bonds is 4. The minimum absolute atomic E-state index is 0.496. The zero-order valence-electron chi connectivity index (χ0n) is 11.4. The van der Waals surface area contributed by atoms with Crippen LogP contribution in [-0.2, 0) is 0 Å². The fraction of sp³-hybridized carbons (Fsp3) is 0.0667. The van der Waals surface area contributed by atoms with E-state index in [-0.39, 0.29) is 0 Å². The van der Waals surface area contributed by atoms with Crippen LogP contribution >= 0.6 is 0 Å². The zero-order valence-corrected chi connectivity index (χ0v) is 11.4. The number of ether oxygens (including phenoxy) is 1. The molecule has 21 heavy (non-hydrogen) atoms. The van der Waals surface area contributed by atoms with Gasteiger partial charge in [0.05, 0.1) is 18.5 Å². The Morgan fingerprint density at radius 2 is 1.81 bits per heavy atom. The fourth-order valence-corrected chi connectivity index (χ4v) is 1.80. The van der Waals surface area contributed by atoms with Crippen molar-refractivity contribution in [3.63, 3.8) is 0 Å². The van der Waals surface area contributed by atoms with Gasteiger partial charge < -0.3 is 10.1 Å². The maximum atomic E-state index is 5.09. The molecule has 0 spiro atoms. The van der Waals surface area contributed by atoms with Crippen molar-refractivity contribution in [3.05, 3.63) is 55.0 Å². The van der Waals surface area contributed by atoms with E-state index in [0.29, 0.717) is 23.2 Å². The molecule has 2 aromatic heterocycles. The smallest absolute Gasteiger partial charge is 0.227 e. The number of nitrogens with one attached hydrogen (secondary N) is 1. The number of hydrogen-bond acceptors (Lipinski definition) is 6. The molecule has 3 rings (SSSR count). The second kappa shape index (κ2) is 5.96. The molecule has 0 saturated heterocycles. The summed E-state index contributed by atoms with van der Waals surface area (Å²) in [6.45, 7) is 0. The molecule has 0 radical (unpaired) electrons. The summed E-state index contributed by atoms with van der Waals surface area (Å²) in [4.78, 5) is 16.8. The highest BCUT2D eigenvalue weighted by Gasteiger charge is 2.05. The molecule has 2 heterocycles. The van der Waals surface area contributed by atoms with Crippen LogP contribution in [0.25, 0.3) is 11.4 Å². The average molecular weight is 279 g/mol. The second-order valence-corrected chi connectivity index (χ2v) is 4.20. The number of methoxy groups -OCH3 is 1. The van der Waals surface area contributed by atoms with Crippen LogP contribution in [0.15, 0.2) is 55.0 Å². The van der Waals surface area contributed by atoms with Crippen LogP contribution in [0.2, 0.25) is 0 Å². The van der Waals surface area contributed by atoms with Crippen molar-refractivity contribution in [3.8, 4) is 17.3 Å². The van der Waals surface area contributed by atoms with Crippen molar-refractivity contribution in [2.75, 3.05) is 12.4 Å². The van der Waals surface area contributed by atoms with E-state index in [0.717, 1.165) is 5.69 Å². The van der Waals surface area contributed by atoms with Gasteiger partial charge in [0.25, 0.3) is 0 Å². The van der Waals surface area contributed by atoms with Crippen molar-refractivity contribution >= 4 is 11.6 Å². The van der Waals surface area contributed by atoms with Gasteiger partial charge in [-0.05, 0) is 18.2 Å². The van der Waals surface area contributed by atoms with Gasteiger partial charge in [0.2, 0.25) is 11.8 Å². The SMILES string of the molecule is COc1cc(-c2ccnc(Nc3ccccc3)n2)ncn1. The third-order valence-corrected chi connectivity index (χ3v) is 2.80. The van der Waals surface area contributed by atoms with Gasteiger partial charge in [-0.2, -0.15) is 0 Å². The van der Waals surface area contributed by atoms with Gasteiger partial charge in [-0.3, -0.25) is 0 Å². The maximum absolute atomic E-state index is 5.09. The lowest BCUT2D eigenvalue weighted by atomic mass is 10.3. The maximum Gasteiger partial charge on any atom is 0.227 e. The van der Waals surface area contributed by atoms with E-state index in [1.54, 1.807) is 25.4 Å². The Morgan fingerprint density at radius 1 is 0.952 bits per heavy atom. The van der Waals surface area contributed by atoms with E-state index in [1.165, 1.54) is 6.33 Å². The Bertz CT molecular complexity index is 733. The predicted molar refractivity (Wildman–Crippen MR) is 79.3 cm³/mol. The van der Waals surface area contributed by atoms with Crippen LogP contribution < -0.4 is 10.1 Å². The van der Waals surface area contributed by atoms with Gasteiger partial charge in [0.1, 0.15) is 6.33 Å². The molecule has 104 valence electrons. The Hall–Kier alpha value is -3.02. The number of benzene rings is 1. The van der Waals surface area contributed by atoms with Crippen molar-refractivity contribution in [2.24, 2.45) is 0 Å². The van der Waals surface area contributed by atoms with Crippen LogP contribution in [0.4, 0.5) is 11.6 Å². The monoisotopic (exact) mass is 279 g/mol. The number of anilines is 2. The third kappa shape index (κ3) is 3.11. The molecule has 0 bridgehead atoms. The van der Waals surface area contributed by atoms with E-state index in [2.05, 4.69) is 25.3 Å². The summed E-state index contributed by atoms with van der Waals surface area (Å²) < 4.78 is 5.09. The number of nitrogens with zero attached hydrogens (tertiary/aromatic N) is 4. The first-order chi connectivity index (χ1) is 10.3. The Balaban J connectivity index is 1.89. The Labute approximate surface area is 121 Å². The topological polar surface area (TPSA) is 72.8 Å². The zero-order chi connectivity index (χ0) is 14.5. The van der Waals surface area contributed by atoms with E-state index in [4.69, 9.17) is 4.74 Å². The van der Waals surface area contributed by atoms with Gasteiger partial charge in [-0.25, -0.2) is 19.9 Å². The molecule has 0 aliphatic heterocycles. The van der Waals surface area contributed by atoms with Gasteiger partial charge in [-0.15, -0.1) is 0 Å². The molecule has 1 N–H and O–H groups in total. The van der Waals surface area contributed by atoms with Gasteiger partial charge >= 0.3 is 0 Å². The van der Waals surface area contributed by atoms with Crippen molar-refractivity contribution in [1.82, 2.24) is 19.9 Å². The predicted octanol–water partition coefficient (Wildman–Crippen LogP) is 2.69. The number of aromatic nitrogens is 4. The van der Waals surface area contributed by atoms with E-state index in [9.17, 15) is 0 Å². The normalized spacial score (nSPS) is 10.1. The van der Waals surface area contributed by atoms with Crippen LogP contribution in [0, 0.1) is 0 Å². The molecule has 0 aliphatic rings. The molecule has 0 atom stereocenters. The van der Waals surface area contributed by atoms with Gasteiger partial charge in [0.15, 0.2) is 0 Å². The summed E-state index contributed by atoms with van der Waals surface area (Å²) in [5.41, 5.74) is 2.31. The molecule has 0 unspecified atom stereocenters. The van der Waals surface area contributed by atoms with Crippen LogP contribution in [0.5, 0.6) is 5.88 Å². The quantitative estimate of drug-likeness (QED) is 0.791. The van der Waals surface area contributed by atoms with Crippen molar-refractivity contribution < 1.29 is 4.74 Å². The van der Waals surface area contributed by atoms with Crippen LogP contribution in [-0.4, -0.2) is 27.0 Å². The highest BCUT2D eigenvalue weighted by Crippen LogP contribution is 2.19. The molecular formula is C15H13N5O. The van der Waals surface area contributed by atoms with E-state index in [1.807, 2.05) is 30.3 Å². The third-order valence-electron chi connectivity index (χ3n) is 2.80. The summed E-state index contributed by atoms with van der Waals surface area (Å²) in [5, 5.41) is 3.15. The first-order valence-corrected chi connectivity index (χ1v) is 6.37. The lowest BCUT2D eigenvalue weighted by Gasteiger charge is -2.06. The van der Waals surface area contributed by atoms with E-state index < -0.39 is 0 Å². The van der Waals surface area contributed by atoms with E-state index >= 15 is 0 Å². The Kier molecular flexibility index (Phi) is 3.68. The van der Waals surface area contributed by atoms with Crippen LogP contribution in [0.3, 0.4) is 0 Å². The molecule has 0 fully saturated rings. The Morgan fingerprint density at radius 3 is 2.62 bits per heavy atom. The highest BCUT2D eigenvalue weighted by molar-refractivity contribution is 5.59. The molecule has 0 aliphatic carbocycles. The number of hydrogen-bond donors (Lipinski definition) is 1. The van der Waals surface area contributed by atoms with Gasteiger partial charge in [-0.1, -0.05) is 18.2 Å². The molecular weight excluding hydrogens is 266 g/mol. The van der Waals surface area contributed by atoms with Crippen molar-refractivity contribution in [2.45, 2.75) is 0 Å². The summed E-state index contributed by atoms with van der Waals surface area (Å²) in [6.07, 6.45) is 3.13. The summed E-state index contributed by atoms with van der Waals surface area (Å²) in [5.74, 6) is 1.01. The molecule has 3 aromatic rings. The standard InChI is InChI=1S/C15H13N5O/c1-21-14-9-13(17-10-18-14)12-7-8-16-15(20-12)19-11-5-3-2-4-6-11/h2-10H,1H3,(H,16,19,20). The molecule has 0 saturated carbocycles. The molecule has 0 amide bonds. The minimum Gasteiger partial charge on any atom is -0.481 e. The first-order valence-electron chi connectivity index (χ1n) is 6.37. The molecule has 6 nitrogen and oxygen atoms in total. The van der Waals surface area contributed by atoms with Crippen LogP contribution in [0.1, 0.15) is 0 Å². The van der Waals surface area contributed by atoms with Crippen molar-refractivity contribution in [1.29, 1.82) is 0 Å². The molecule has 1 aromatic carbocycles. The van der Waals surface area contributed by atoms with Gasteiger partial charge in [0, 0.05) is 18.0 Å². The summed E-state index contributed by atoms with van der Waals surface area (Å²) in [7, 11) is 1.56. The lowest BCUT2D eigenvalue weighted by molar-refractivity contribution is 0.397. The average Bonchev–Trinajstić information content (AvgIpc) is 2.56. The summed E-state index contributed by atoms with van der Waals surface area (Å²) in [6, 6.07) is 13.3. The minimum atomic E-state index is 0.496. The first kappa shape index (κ1) is 13.0. The lowest BCUT2D eigenvalue weighted by Crippen LogP contribution is -1.99. The largest absolute Gasteiger partial charge is 0.481 e. The highest BCUT2D eigenvalue weighted by atomic mass is 16.5.